The van der Waals surface area contributed by atoms with Gasteiger partial charge in [-0.1, -0.05) is 66.2 Å². The number of para-hydroxylation sites is 1. The highest BCUT2D eigenvalue weighted by atomic mass is 32.1. The van der Waals surface area contributed by atoms with Crippen molar-refractivity contribution < 1.29 is 0 Å². The first-order valence-corrected chi connectivity index (χ1v) is 8.45. The number of thiocarbonyl (C=S) groups is 1. The van der Waals surface area contributed by atoms with Crippen molar-refractivity contribution in [2.24, 2.45) is 4.99 Å². The number of anilines is 2. The van der Waals surface area contributed by atoms with E-state index in [0.717, 1.165) is 16.9 Å². The van der Waals surface area contributed by atoms with Crippen molar-refractivity contribution >= 4 is 34.5 Å². The third-order valence-corrected chi connectivity index (χ3v) is 3.79. The van der Waals surface area contributed by atoms with E-state index in [1.807, 2.05) is 72.8 Å². The standard InChI is InChI=1S/C21H19N3S/c1-16-12-14-19(15-13-16)22-20(17-8-4-2-5-9-17)24-21(25)23-18-10-6-3-7-11-18/h2-15H,1H3,(H2,22,23,24,25). The summed E-state index contributed by atoms with van der Waals surface area (Å²) in [7, 11) is 0. The highest BCUT2D eigenvalue weighted by Gasteiger charge is 2.06. The van der Waals surface area contributed by atoms with Gasteiger partial charge in [-0.05, 0) is 43.4 Å². The average molecular weight is 345 g/mol. The number of aryl methyl sites for hydroxylation is 1. The molecule has 0 saturated carbocycles. The molecule has 0 atom stereocenters. The molecular formula is C21H19N3S. The lowest BCUT2D eigenvalue weighted by atomic mass is 10.2. The summed E-state index contributed by atoms with van der Waals surface area (Å²) < 4.78 is 0. The number of amidine groups is 1. The number of nitrogens with zero attached hydrogens (tertiary/aromatic N) is 1. The molecule has 0 spiro atoms. The van der Waals surface area contributed by atoms with Gasteiger partial charge in [0.2, 0.25) is 0 Å². The predicted octanol–water partition coefficient (Wildman–Crippen LogP) is 5.25. The van der Waals surface area contributed by atoms with Gasteiger partial charge in [-0.2, -0.15) is 0 Å². The zero-order valence-corrected chi connectivity index (χ0v) is 14.8. The van der Waals surface area contributed by atoms with Crippen molar-refractivity contribution in [3.8, 4) is 0 Å². The molecular weight excluding hydrogens is 326 g/mol. The largest absolute Gasteiger partial charge is 0.340 e. The van der Waals surface area contributed by atoms with E-state index in [1.165, 1.54) is 5.56 Å². The van der Waals surface area contributed by atoms with Crippen molar-refractivity contribution in [3.05, 3.63) is 96.1 Å². The van der Waals surface area contributed by atoms with Gasteiger partial charge < -0.3 is 10.6 Å². The van der Waals surface area contributed by atoms with Gasteiger partial charge in [0.25, 0.3) is 0 Å². The van der Waals surface area contributed by atoms with Crippen LogP contribution in [0.5, 0.6) is 0 Å². The van der Waals surface area contributed by atoms with E-state index in [-0.39, 0.29) is 0 Å². The van der Waals surface area contributed by atoms with E-state index in [9.17, 15) is 0 Å². The van der Waals surface area contributed by atoms with Crippen LogP contribution in [0, 0.1) is 6.92 Å². The molecule has 2 N–H and O–H groups in total. The Morgan fingerprint density at radius 3 is 1.92 bits per heavy atom. The molecule has 3 aromatic carbocycles. The van der Waals surface area contributed by atoms with Gasteiger partial charge >= 0.3 is 0 Å². The lowest BCUT2D eigenvalue weighted by molar-refractivity contribution is 1.46. The number of rotatable bonds is 3. The fourth-order valence-electron chi connectivity index (χ4n) is 2.31. The molecule has 3 nitrogen and oxygen atoms in total. The van der Waals surface area contributed by atoms with E-state index in [2.05, 4.69) is 34.7 Å². The van der Waals surface area contributed by atoms with Gasteiger partial charge in [-0.3, -0.25) is 0 Å². The first kappa shape index (κ1) is 16.9. The first-order valence-electron chi connectivity index (χ1n) is 8.04. The molecule has 0 aliphatic carbocycles. The highest BCUT2D eigenvalue weighted by molar-refractivity contribution is 7.80. The molecule has 25 heavy (non-hydrogen) atoms. The molecule has 4 heteroatoms. The highest BCUT2D eigenvalue weighted by Crippen LogP contribution is 2.12. The van der Waals surface area contributed by atoms with E-state index in [0.29, 0.717) is 10.9 Å². The summed E-state index contributed by atoms with van der Waals surface area (Å²) in [5, 5.41) is 6.91. The lowest BCUT2D eigenvalue weighted by Gasteiger charge is -2.12. The van der Waals surface area contributed by atoms with Crippen molar-refractivity contribution in [1.29, 1.82) is 0 Å². The van der Waals surface area contributed by atoms with Crippen molar-refractivity contribution in [2.75, 3.05) is 10.6 Å². The molecule has 0 saturated heterocycles. The number of benzene rings is 3. The van der Waals surface area contributed by atoms with E-state index >= 15 is 0 Å². The normalized spacial score (nSPS) is 11.0. The minimum absolute atomic E-state index is 0.407. The number of nitrogens with one attached hydrogen (secondary N) is 2. The minimum Gasteiger partial charge on any atom is -0.340 e. The van der Waals surface area contributed by atoms with E-state index < -0.39 is 0 Å². The number of hydrogen-bond donors (Lipinski definition) is 2. The van der Waals surface area contributed by atoms with Gasteiger partial charge in [0.05, 0.1) is 0 Å². The first-order chi connectivity index (χ1) is 12.2. The van der Waals surface area contributed by atoms with Crippen LogP contribution in [-0.2, 0) is 0 Å². The molecule has 3 aromatic rings. The molecule has 0 heterocycles. The quantitative estimate of drug-likeness (QED) is 0.387. The minimum atomic E-state index is 0.407. The molecule has 3 rings (SSSR count). The van der Waals surface area contributed by atoms with Crippen LogP contribution in [0.2, 0.25) is 0 Å². The SMILES string of the molecule is Cc1ccc(N/C(=N\C(=S)Nc2ccccc2)c2ccccc2)cc1. The molecule has 0 bridgehead atoms. The van der Waals surface area contributed by atoms with Crippen LogP contribution < -0.4 is 10.6 Å². The van der Waals surface area contributed by atoms with Crippen molar-refractivity contribution in [1.82, 2.24) is 0 Å². The number of hydrogen-bond acceptors (Lipinski definition) is 1. The second-order valence-corrected chi connectivity index (χ2v) is 6.00. The van der Waals surface area contributed by atoms with Crippen LogP contribution in [0.15, 0.2) is 89.9 Å². The fraction of sp³-hybridized carbons (Fsp3) is 0.0476. The van der Waals surface area contributed by atoms with Gasteiger partial charge in [-0.15, -0.1) is 0 Å². The monoisotopic (exact) mass is 345 g/mol. The summed E-state index contributed by atoms with van der Waals surface area (Å²) in [6.45, 7) is 2.06. The molecule has 0 radical (unpaired) electrons. The molecule has 0 amide bonds. The van der Waals surface area contributed by atoms with Crippen LogP contribution in [0.25, 0.3) is 0 Å². The molecule has 0 fully saturated rings. The van der Waals surface area contributed by atoms with Crippen molar-refractivity contribution in [2.45, 2.75) is 6.92 Å². The summed E-state index contributed by atoms with van der Waals surface area (Å²) in [4.78, 5) is 4.59. The summed E-state index contributed by atoms with van der Waals surface area (Å²) in [6.07, 6.45) is 0. The molecule has 0 unspecified atom stereocenters. The van der Waals surface area contributed by atoms with Crippen LogP contribution >= 0.6 is 12.2 Å². The maximum atomic E-state index is 5.41. The topological polar surface area (TPSA) is 36.4 Å². The Labute approximate surface area is 153 Å². The van der Waals surface area contributed by atoms with Gasteiger partial charge in [0.15, 0.2) is 5.11 Å². The Morgan fingerprint density at radius 2 is 1.28 bits per heavy atom. The summed E-state index contributed by atoms with van der Waals surface area (Å²) in [5.74, 6) is 0.706. The number of aliphatic imine (C=N–C) groups is 1. The second kappa shape index (κ2) is 8.22. The summed E-state index contributed by atoms with van der Waals surface area (Å²) >= 11 is 5.41. The molecule has 0 aromatic heterocycles. The Bertz CT molecular complexity index is 857. The Hall–Kier alpha value is -2.98. The van der Waals surface area contributed by atoms with E-state index in [4.69, 9.17) is 12.2 Å². The maximum Gasteiger partial charge on any atom is 0.199 e. The zero-order valence-electron chi connectivity index (χ0n) is 13.9. The van der Waals surface area contributed by atoms with Gasteiger partial charge in [0, 0.05) is 16.9 Å². The summed E-state index contributed by atoms with van der Waals surface area (Å²) in [5.41, 5.74) is 4.07. The smallest absolute Gasteiger partial charge is 0.199 e. The van der Waals surface area contributed by atoms with Gasteiger partial charge in [0.1, 0.15) is 5.84 Å². The molecule has 0 aliphatic rings. The van der Waals surface area contributed by atoms with Crippen molar-refractivity contribution in [3.63, 3.8) is 0 Å². The summed E-state index contributed by atoms with van der Waals surface area (Å²) in [6, 6.07) is 27.9. The van der Waals surface area contributed by atoms with E-state index in [1.54, 1.807) is 0 Å². The molecule has 0 aliphatic heterocycles. The Kier molecular flexibility index (Phi) is 5.54. The van der Waals surface area contributed by atoms with Crippen LogP contribution in [0.4, 0.5) is 11.4 Å². The van der Waals surface area contributed by atoms with Gasteiger partial charge in [-0.25, -0.2) is 4.99 Å². The van der Waals surface area contributed by atoms with Crippen LogP contribution in [0.3, 0.4) is 0 Å². The van der Waals surface area contributed by atoms with Crippen LogP contribution in [-0.4, -0.2) is 10.9 Å². The lowest BCUT2D eigenvalue weighted by Crippen LogP contribution is -2.18. The Morgan fingerprint density at radius 1 is 0.720 bits per heavy atom. The third-order valence-electron chi connectivity index (χ3n) is 3.60. The second-order valence-electron chi connectivity index (χ2n) is 5.61. The average Bonchev–Trinajstić information content (AvgIpc) is 2.64. The molecule has 124 valence electrons. The van der Waals surface area contributed by atoms with Crippen LogP contribution in [0.1, 0.15) is 11.1 Å². The Balaban J connectivity index is 1.85. The fourth-order valence-corrected chi connectivity index (χ4v) is 2.52. The third kappa shape index (κ3) is 4.99. The zero-order chi connectivity index (χ0) is 17.5. The predicted molar refractivity (Wildman–Crippen MR) is 110 cm³/mol. The maximum absolute atomic E-state index is 5.41.